The number of alkyl halides is 3. The van der Waals surface area contributed by atoms with E-state index in [1.807, 2.05) is 0 Å². The van der Waals surface area contributed by atoms with Gasteiger partial charge in [0.2, 0.25) is 5.91 Å². The van der Waals surface area contributed by atoms with Gasteiger partial charge in [0.15, 0.2) is 5.69 Å². The zero-order valence-electron chi connectivity index (χ0n) is 23.9. The second kappa shape index (κ2) is 13.3. The smallest absolute Gasteiger partial charge is 0.355 e. The molecule has 4 rings (SSSR count). The molecule has 7 nitrogen and oxygen atoms in total. The number of rotatable bonds is 10. The Morgan fingerprint density at radius 2 is 1.68 bits per heavy atom. The summed E-state index contributed by atoms with van der Waals surface area (Å²) in [5.41, 5.74) is -0.310. The summed E-state index contributed by atoms with van der Waals surface area (Å²) in [6.07, 6.45) is -2.29. The lowest BCUT2D eigenvalue weighted by Gasteiger charge is -2.25. The molecule has 0 saturated carbocycles. The fourth-order valence-corrected chi connectivity index (χ4v) is 4.83. The molecule has 0 bridgehead atoms. The Hall–Kier alpha value is -4.68. The molecule has 2 amide bonds. The van der Waals surface area contributed by atoms with Crippen molar-refractivity contribution in [1.82, 2.24) is 25.4 Å². The van der Waals surface area contributed by atoms with Crippen LogP contribution >= 0.6 is 0 Å². The summed E-state index contributed by atoms with van der Waals surface area (Å²) in [7, 11) is 1.35. The van der Waals surface area contributed by atoms with Crippen LogP contribution in [0.3, 0.4) is 0 Å². The monoisotopic (exact) mass is 617 g/mol. The van der Waals surface area contributed by atoms with Crippen molar-refractivity contribution in [3.05, 3.63) is 107 Å². The van der Waals surface area contributed by atoms with Gasteiger partial charge in [-0.15, -0.1) is 0 Å². The first-order valence-corrected chi connectivity index (χ1v) is 13.6. The maximum absolute atomic E-state index is 14.5. The standard InChI is InChI=1S/C31H29F6N5O2/c1-17(2)11-26(42-10-8-27(41-42)31(35,36)37)30(44)40-25(14-18-12-20(32)16-21(33)13-18)28-22(5-4-9-39-28)19-6-7-24(34)23(15-19)29(43)38-3/h4-10,12-13,15-17,25-26H,11,14H2,1-3H3,(H,38,43)(H,40,44)/t25-,26+/m0/s1. The van der Waals surface area contributed by atoms with E-state index in [0.29, 0.717) is 17.2 Å². The maximum Gasteiger partial charge on any atom is 0.435 e. The highest BCUT2D eigenvalue weighted by Crippen LogP contribution is 2.32. The Kier molecular flexibility index (Phi) is 9.75. The first-order valence-electron chi connectivity index (χ1n) is 13.6. The molecule has 4 aromatic rings. The van der Waals surface area contributed by atoms with Crippen LogP contribution in [0, 0.1) is 23.4 Å². The van der Waals surface area contributed by atoms with Gasteiger partial charge in [-0.3, -0.25) is 19.3 Å². The van der Waals surface area contributed by atoms with Gasteiger partial charge >= 0.3 is 6.18 Å². The minimum absolute atomic E-state index is 0.120. The Morgan fingerprint density at radius 3 is 2.30 bits per heavy atom. The van der Waals surface area contributed by atoms with E-state index in [-0.39, 0.29) is 35.6 Å². The predicted octanol–water partition coefficient (Wildman–Crippen LogP) is 6.43. The third-order valence-electron chi connectivity index (χ3n) is 6.81. The second-order valence-electron chi connectivity index (χ2n) is 10.6. The molecule has 13 heteroatoms. The van der Waals surface area contributed by atoms with Gasteiger partial charge in [0.25, 0.3) is 5.91 Å². The highest BCUT2D eigenvalue weighted by molar-refractivity contribution is 5.95. The Labute approximate surface area is 249 Å². The SMILES string of the molecule is CNC(=O)c1cc(-c2cccnc2[C@H](Cc2cc(F)cc(F)c2)NC(=O)[C@@H](CC(C)C)n2ccc(C(F)(F)F)n2)ccc1F. The van der Waals surface area contributed by atoms with Crippen LogP contribution in [0.1, 0.15) is 59.7 Å². The van der Waals surface area contributed by atoms with Crippen LogP contribution in [0.2, 0.25) is 0 Å². The minimum Gasteiger partial charge on any atom is -0.355 e. The molecule has 2 atom stereocenters. The van der Waals surface area contributed by atoms with E-state index in [9.17, 15) is 35.9 Å². The lowest BCUT2D eigenvalue weighted by atomic mass is 9.93. The van der Waals surface area contributed by atoms with E-state index in [4.69, 9.17) is 0 Å². The molecule has 0 unspecified atom stereocenters. The summed E-state index contributed by atoms with van der Waals surface area (Å²) in [5, 5.41) is 8.76. The normalized spacial score (nSPS) is 13.0. The van der Waals surface area contributed by atoms with Crippen LogP contribution in [0.25, 0.3) is 11.1 Å². The summed E-state index contributed by atoms with van der Waals surface area (Å²) < 4.78 is 83.6. The number of amides is 2. The van der Waals surface area contributed by atoms with E-state index >= 15 is 0 Å². The molecule has 0 spiro atoms. The largest absolute Gasteiger partial charge is 0.435 e. The van der Waals surface area contributed by atoms with Crippen LogP contribution in [0.4, 0.5) is 26.3 Å². The van der Waals surface area contributed by atoms with Gasteiger partial charge in [0, 0.05) is 31.1 Å². The molecular weight excluding hydrogens is 588 g/mol. The number of hydrogen-bond acceptors (Lipinski definition) is 4. The fourth-order valence-electron chi connectivity index (χ4n) is 4.83. The van der Waals surface area contributed by atoms with Crippen molar-refractivity contribution >= 4 is 11.8 Å². The van der Waals surface area contributed by atoms with Crippen LogP contribution in [0.5, 0.6) is 0 Å². The lowest BCUT2D eigenvalue weighted by molar-refractivity contribution is -0.142. The molecule has 0 saturated heterocycles. The number of nitrogens with one attached hydrogen (secondary N) is 2. The Bertz CT molecular complexity index is 1630. The molecule has 2 aromatic heterocycles. The molecular formula is C31H29F6N5O2. The Balaban J connectivity index is 1.80. The quantitative estimate of drug-likeness (QED) is 0.201. The van der Waals surface area contributed by atoms with Crippen LogP contribution in [-0.4, -0.2) is 33.6 Å². The number of carbonyl (C=O) groups excluding carboxylic acids is 2. The summed E-state index contributed by atoms with van der Waals surface area (Å²) in [6, 6.07) is 8.39. The molecule has 44 heavy (non-hydrogen) atoms. The molecule has 0 fully saturated rings. The lowest BCUT2D eigenvalue weighted by Crippen LogP contribution is -2.37. The average molecular weight is 618 g/mol. The van der Waals surface area contributed by atoms with Crippen LogP contribution < -0.4 is 10.6 Å². The van der Waals surface area contributed by atoms with Gasteiger partial charge in [-0.25, -0.2) is 13.2 Å². The predicted molar refractivity (Wildman–Crippen MR) is 150 cm³/mol. The fraction of sp³-hybridized carbons (Fsp3) is 0.290. The van der Waals surface area contributed by atoms with E-state index in [0.717, 1.165) is 35.1 Å². The molecule has 0 radical (unpaired) electrons. The summed E-state index contributed by atoms with van der Waals surface area (Å²) in [5.74, 6) is -3.99. The molecule has 0 aliphatic heterocycles. The molecule has 2 aromatic carbocycles. The number of halogens is 6. The van der Waals surface area contributed by atoms with E-state index in [1.165, 1.54) is 25.4 Å². The molecule has 232 valence electrons. The van der Waals surface area contributed by atoms with Crippen molar-refractivity contribution in [3.63, 3.8) is 0 Å². The highest BCUT2D eigenvalue weighted by Gasteiger charge is 2.35. The van der Waals surface area contributed by atoms with Crippen molar-refractivity contribution in [2.75, 3.05) is 7.05 Å². The third kappa shape index (κ3) is 7.63. The van der Waals surface area contributed by atoms with E-state index in [2.05, 4.69) is 20.7 Å². The molecule has 0 aliphatic carbocycles. The van der Waals surface area contributed by atoms with Gasteiger partial charge < -0.3 is 10.6 Å². The Morgan fingerprint density at radius 1 is 0.977 bits per heavy atom. The van der Waals surface area contributed by atoms with Gasteiger partial charge in [0.1, 0.15) is 23.5 Å². The summed E-state index contributed by atoms with van der Waals surface area (Å²) in [4.78, 5) is 30.5. The number of hydrogen-bond donors (Lipinski definition) is 2. The minimum atomic E-state index is -4.72. The number of nitrogens with zero attached hydrogens (tertiary/aromatic N) is 3. The molecule has 2 heterocycles. The number of benzene rings is 2. The third-order valence-corrected chi connectivity index (χ3v) is 6.81. The second-order valence-corrected chi connectivity index (χ2v) is 10.6. The zero-order valence-corrected chi connectivity index (χ0v) is 23.9. The highest BCUT2D eigenvalue weighted by atomic mass is 19.4. The topological polar surface area (TPSA) is 88.9 Å². The number of aromatic nitrogens is 3. The first-order chi connectivity index (χ1) is 20.8. The van der Waals surface area contributed by atoms with Gasteiger partial charge in [-0.1, -0.05) is 26.0 Å². The van der Waals surface area contributed by atoms with Crippen molar-refractivity contribution in [1.29, 1.82) is 0 Å². The van der Waals surface area contributed by atoms with Crippen molar-refractivity contribution in [2.24, 2.45) is 5.92 Å². The van der Waals surface area contributed by atoms with Gasteiger partial charge in [0.05, 0.1) is 17.3 Å². The summed E-state index contributed by atoms with van der Waals surface area (Å²) in [6.45, 7) is 3.58. The van der Waals surface area contributed by atoms with E-state index < -0.39 is 53.2 Å². The zero-order chi connectivity index (χ0) is 32.2. The molecule has 0 aliphatic rings. The first kappa shape index (κ1) is 32.2. The van der Waals surface area contributed by atoms with Crippen molar-refractivity contribution in [2.45, 2.75) is 44.9 Å². The maximum atomic E-state index is 14.5. The molecule has 2 N–H and O–H groups in total. The van der Waals surface area contributed by atoms with Crippen LogP contribution in [0.15, 0.2) is 67.0 Å². The van der Waals surface area contributed by atoms with Gasteiger partial charge in [-0.05, 0) is 66.3 Å². The van der Waals surface area contributed by atoms with Crippen molar-refractivity contribution in [3.8, 4) is 11.1 Å². The average Bonchev–Trinajstić information content (AvgIpc) is 3.46. The summed E-state index contributed by atoms with van der Waals surface area (Å²) >= 11 is 0. The van der Waals surface area contributed by atoms with Crippen LogP contribution in [-0.2, 0) is 17.4 Å². The van der Waals surface area contributed by atoms with Crippen molar-refractivity contribution < 1.29 is 35.9 Å². The van der Waals surface area contributed by atoms with Gasteiger partial charge in [-0.2, -0.15) is 18.3 Å². The van der Waals surface area contributed by atoms with E-state index in [1.54, 1.807) is 26.0 Å². The number of pyridine rings is 1. The number of carbonyl (C=O) groups is 2.